The summed E-state index contributed by atoms with van der Waals surface area (Å²) in [6.07, 6.45) is 22.1. The van der Waals surface area contributed by atoms with Gasteiger partial charge in [0.15, 0.2) is 0 Å². The molecular formula is C23H48N2O. The predicted octanol–water partition coefficient (Wildman–Crippen LogP) is 7.01. The number of hydrazine groups is 1. The molecule has 156 valence electrons. The van der Waals surface area contributed by atoms with E-state index in [4.69, 9.17) is 0 Å². The molecule has 0 heterocycles. The van der Waals surface area contributed by atoms with Crippen molar-refractivity contribution in [3.63, 3.8) is 0 Å². The molecule has 3 nitrogen and oxygen atoms in total. The Hall–Kier alpha value is -0.570. The summed E-state index contributed by atoms with van der Waals surface area (Å²) in [5, 5.41) is 1.94. The number of unbranched alkanes of at least 4 members (excludes halogenated alkanes) is 14. The van der Waals surface area contributed by atoms with E-state index in [-0.39, 0.29) is 5.91 Å². The second-order valence-electron chi connectivity index (χ2n) is 8.10. The van der Waals surface area contributed by atoms with Gasteiger partial charge in [0, 0.05) is 19.5 Å². The second-order valence-corrected chi connectivity index (χ2v) is 8.10. The van der Waals surface area contributed by atoms with Crippen molar-refractivity contribution in [2.24, 2.45) is 0 Å². The minimum absolute atomic E-state index is 0.169. The first-order valence-corrected chi connectivity index (χ1v) is 11.6. The maximum Gasteiger partial charge on any atom is 0.234 e. The van der Waals surface area contributed by atoms with Crippen molar-refractivity contribution in [2.75, 3.05) is 7.05 Å². The summed E-state index contributed by atoms with van der Waals surface area (Å²) in [6, 6.07) is 0.403. The average molecular weight is 369 g/mol. The van der Waals surface area contributed by atoms with Gasteiger partial charge in [-0.1, -0.05) is 104 Å². The molecule has 0 spiro atoms. The standard InChI is InChI=1S/C23H48N2O/c1-5-7-8-9-10-11-12-13-14-15-16-17-18-19-20-21-23(26)24-25(4)22(3)6-2/h22H,5-21H2,1-4H3,(H,24,26). The number of nitrogens with one attached hydrogen (secondary N) is 1. The Kier molecular flexibility index (Phi) is 18.8. The molecular weight excluding hydrogens is 320 g/mol. The fraction of sp³-hybridized carbons (Fsp3) is 0.957. The Morgan fingerprint density at radius 3 is 1.50 bits per heavy atom. The highest BCUT2D eigenvalue weighted by molar-refractivity contribution is 5.75. The normalized spacial score (nSPS) is 12.5. The van der Waals surface area contributed by atoms with E-state index in [0.717, 1.165) is 12.8 Å². The number of rotatable bonds is 19. The van der Waals surface area contributed by atoms with E-state index in [2.05, 4.69) is 26.2 Å². The number of amides is 1. The third kappa shape index (κ3) is 16.9. The first kappa shape index (κ1) is 25.4. The Labute approximate surface area is 164 Å². The number of nitrogens with zero attached hydrogens (tertiary/aromatic N) is 1. The fourth-order valence-corrected chi connectivity index (χ4v) is 3.29. The molecule has 0 aromatic rings. The molecule has 1 atom stereocenters. The van der Waals surface area contributed by atoms with Gasteiger partial charge in [-0.15, -0.1) is 0 Å². The van der Waals surface area contributed by atoms with E-state index in [0.29, 0.717) is 12.5 Å². The van der Waals surface area contributed by atoms with E-state index < -0.39 is 0 Å². The molecule has 0 bridgehead atoms. The maximum absolute atomic E-state index is 11.9. The summed E-state index contributed by atoms with van der Waals surface area (Å²) in [7, 11) is 1.96. The van der Waals surface area contributed by atoms with Crippen LogP contribution in [0.1, 0.15) is 130 Å². The molecule has 1 unspecified atom stereocenters. The number of carbonyl (C=O) groups is 1. The van der Waals surface area contributed by atoms with Gasteiger partial charge < -0.3 is 0 Å². The summed E-state index contributed by atoms with van der Waals surface area (Å²) in [5.41, 5.74) is 2.97. The highest BCUT2D eigenvalue weighted by Crippen LogP contribution is 2.13. The molecule has 0 rings (SSSR count). The number of hydrogen-bond donors (Lipinski definition) is 1. The largest absolute Gasteiger partial charge is 0.289 e. The van der Waals surface area contributed by atoms with Crippen LogP contribution in [0.3, 0.4) is 0 Å². The van der Waals surface area contributed by atoms with Crippen LogP contribution < -0.4 is 5.43 Å². The van der Waals surface area contributed by atoms with Gasteiger partial charge in [-0.3, -0.25) is 10.2 Å². The van der Waals surface area contributed by atoms with E-state index in [1.165, 1.54) is 89.9 Å². The van der Waals surface area contributed by atoms with Gasteiger partial charge in [-0.25, -0.2) is 5.01 Å². The molecule has 0 fully saturated rings. The molecule has 0 saturated heterocycles. The van der Waals surface area contributed by atoms with Crippen molar-refractivity contribution >= 4 is 5.91 Å². The summed E-state index contributed by atoms with van der Waals surface area (Å²) < 4.78 is 0. The first-order valence-electron chi connectivity index (χ1n) is 11.6. The Morgan fingerprint density at radius 2 is 1.12 bits per heavy atom. The van der Waals surface area contributed by atoms with Gasteiger partial charge in [-0.05, 0) is 19.8 Å². The van der Waals surface area contributed by atoms with Crippen molar-refractivity contribution in [2.45, 2.75) is 136 Å². The van der Waals surface area contributed by atoms with Crippen LogP contribution in [-0.4, -0.2) is 24.0 Å². The molecule has 0 aromatic heterocycles. The van der Waals surface area contributed by atoms with Crippen LogP contribution in [0.15, 0.2) is 0 Å². The summed E-state index contributed by atoms with van der Waals surface area (Å²) in [6.45, 7) is 6.56. The average Bonchev–Trinajstić information content (AvgIpc) is 2.64. The summed E-state index contributed by atoms with van der Waals surface area (Å²) in [4.78, 5) is 11.9. The van der Waals surface area contributed by atoms with Gasteiger partial charge >= 0.3 is 0 Å². The van der Waals surface area contributed by atoms with Crippen LogP contribution in [-0.2, 0) is 4.79 Å². The smallest absolute Gasteiger partial charge is 0.234 e. The molecule has 0 saturated carbocycles. The fourth-order valence-electron chi connectivity index (χ4n) is 3.29. The van der Waals surface area contributed by atoms with Gasteiger partial charge in [0.25, 0.3) is 0 Å². The third-order valence-corrected chi connectivity index (χ3v) is 5.56. The van der Waals surface area contributed by atoms with Crippen molar-refractivity contribution in [1.82, 2.24) is 10.4 Å². The second kappa shape index (κ2) is 19.2. The molecule has 0 aromatic carbocycles. The van der Waals surface area contributed by atoms with Gasteiger partial charge in [0.2, 0.25) is 5.91 Å². The highest BCUT2D eigenvalue weighted by Gasteiger charge is 2.09. The zero-order chi connectivity index (χ0) is 19.5. The molecule has 0 aliphatic heterocycles. The topological polar surface area (TPSA) is 32.3 Å². The minimum atomic E-state index is 0.169. The van der Waals surface area contributed by atoms with Crippen molar-refractivity contribution in [3.05, 3.63) is 0 Å². The van der Waals surface area contributed by atoms with E-state index >= 15 is 0 Å². The predicted molar refractivity (Wildman–Crippen MR) is 115 cm³/mol. The first-order chi connectivity index (χ1) is 12.6. The van der Waals surface area contributed by atoms with Gasteiger partial charge in [-0.2, -0.15) is 0 Å². The molecule has 0 aliphatic rings. The van der Waals surface area contributed by atoms with Gasteiger partial charge in [0.1, 0.15) is 0 Å². The van der Waals surface area contributed by atoms with Crippen LogP contribution in [0.2, 0.25) is 0 Å². The lowest BCUT2D eigenvalue weighted by molar-refractivity contribution is -0.126. The zero-order valence-electron chi connectivity index (χ0n) is 18.5. The van der Waals surface area contributed by atoms with Crippen LogP contribution >= 0.6 is 0 Å². The van der Waals surface area contributed by atoms with E-state index in [1.54, 1.807) is 0 Å². The molecule has 26 heavy (non-hydrogen) atoms. The molecule has 3 heteroatoms. The maximum atomic E-state index is 11.9. The summed E-state index contributed by atoms with van der Waals surface area (Å²) >= 11 is 0. The lowest BCUT2D eigenvalue weighted by Gasteiger charge is -2.24. The molecule has 1 amide bonds. The molecule has 0 radical (unpaired) electrons. The van der Waals surface area contributed by atoms with E-state index in [9.17, 15) is 4.79 Å². The molecule has 0 aliphatic carbocycles. The SMILES string of the molecule is CCCCCCCCCCCCCCCCCC(=O)NN(C)C(C)CC. The summed E-state index contributed by atoms with van der Waals surface area (Å²) in [5.74, 6) is 0.169. The van der Waals surface area contributed by atoms with Crippen molar-refractivity contribution in [1.29, 1.82) is 0 Å². The van der Waals surface area contributed by atoms with E-state index in [1.807, 2.05) is 12.1 Å². The third-order valence-electron chi connectivity index (χ3n) is 5.56. The van der Waals surface area contributed by atoms with Crippen LogP contribution in [0, 0.1) is 0 Å². The highest BCUT2D eigenvalue weighted by atomic mass is 16.2. The lowest BCUT2D eigenvalue weighted by Crippen LogP contribution is -2.44. The Balaban J connectivity index is 3.23. The lowest BCUT2D eigenvalue weighted by atomic mass is 10.0. The quantitative estimate of drug-likeness (QED) is 0.196. The Bertz CT molecular complexity index is 307. The van der Waals surface area contributed by atoms with Gasteiger partial charge in [0.05, 0.1) is 0 Å². The molecule has 1 N–H and O–H groups in total. The minimum Gasteiger partial charge on any atom is -0.289 e. The van der Waals surface area contributed by atoms with Crippen LogP contribution in [0.4, 0.5) is 0 Å². The van der Waals surface area contributed by atoms with Crippen molar-refractivity contribution < 1.29 is 4.79 Å². The number of hydrogen-bond acceptors (Lipinski definition) is 2. The monoisotopic (exact) mass is 368 g/mol. The Morgan fingerprint density at radius 1 is 0.731 bits per heavy atom. The van der Waals surface area contributed by atoms with Crippen LogP contribution in [0.25, 0.3) is 0 Å². The van der Waals surface area contributed by atoms with Crippen LogP contribution in [0.5, 0.6) is 0 Å². The van der Waals surface area contributed by atoms with Crippen molar-refractivity contribution in [3.8, 4) is 0 Å². The zero-order valence-corrected chi connectivity index (χ0v) is 18.5. The number of carbonyl (C=O) groups excluding carboxylic acids is 1.